The summed E-state index contributed by atoms with van der Waals surface area (Å²) in [5.74, 6) is 0.0100. The van der Waals surface area contributed by atoms with Gasteiger partial charge in [0.2, 0.25) is 0 Å². The third-order valence-electron chi connectivity index (χ3n) is 3.69. The number of carbonyl (C=O) groups is 1. The molecule has 4 aromatic rings. The predicted octanol–water partition coefficient (Wildman–Crippen LogP) is 5.32. The Labute approximate surface area is 148 Å². The van der Waals surface area contributed by atoms with Crippen molar-refractivity contribution in [2.75, 3.05) is 5.32 Å². The molecule has 0 radical (unpaired) electrons. The summed E-state index contributed by atoms with van der Waals surface area (Å²) in [6.07, 6.45) is 1.48. The van der Waals surface area contributed by atoms with Gasteiger partial charge in [0.15, 0.2) is 5.76 Å². The Morgan fingerprint density at radius 2 is 1.80 bits per heavy atom. The van der Waals surface area contributed by atoms with Crippen LogP contribution in [0.15, 0.2) is 82.8 Å². The van der Waals surface area contributed by atoms with Crippen LogP contribution < -0.4 is 5.32 Å². The number of anilines is 1. The third kappa shape index (κ3) is 3.36. The molecule has 0 aliphatic rings. The monoisotopic (exact) mass is 346 g/mol. The van der Waals surface area contributed by atoms with Crippen LogP contribution in [0.3, 0.4) is 0 Å². The van der Waals surface area contributed by atoms with Crippen LogP contribution in [0, 0.1) is 0 Å². The molecule has 5 heteroatoms. The number of nitrogens with one attached hydrogen (secondary N) is 1. The van der Waals surface area contributed by atoms with Crippen LogP contribution in [0.2, 0.25) is 0 Å². The Balaban J connectivity index is 1.58. The Kier molecular flexibility index (Phi) is 4.14. The van der Waals surface area contributed by atoms with Gasteiger partial charge in [-0.1, -0.05) is 42.5 Å². The van der Waals surface area contributed by atoms with Crippen molar-refractivity contribution < 1.29 is 9.21 Å². The van der Waals surface area contributed by atoms with Crippen LogP contribution in [0.25, 0.3) is 21.8 Å². The molecule has 4 rings (SSSR count). The number of aromatic nitrogens is 1. The van der Waals surface area contributed by atoms with Crippen LogP contribution >= 0.6 is 11.3 Å². The first kappa shape index (κ1) is 15.4. The molecule has 0 bridgehead atoms. The summed E-state index contributed by atoms with van der Waals surface area (Å²) < 4.78 is 5.11. The van der Waals surface area contributed by atoms with Crippen molar-refractivity contribution in [1.82, 2.24) is 4.98 Å². The molecule has 2 heterocycles. The van der Waals surface area contributed by atoms with Gasteiger partial charge < -0.3 is 9.73 Å². The van der Waals surface area contributed by atoms with E-state index in [-0.39, 0.29) is 11.7 Å². The number of nitrogens with zero attached hydrogens (tertiary/aromatic N) is 1. The van der Waals surface area contributed by atoms with Crippen molar-refractivity contribution in [3.8, 4) is 21.8 Å². The maximum absolute atomic E-state index is 12.1. The Morgan fingerprint density at radius 1 is 0.960 bits per heavy atom. The van der Waals surface area contributed by atoms with Crippen LogP contribution in [-0.2, 0) is 0 Å². The van der Waals surface area contributed by atoms with Gasteiger partial charge in [0.25, 0.3) is 5.91 Å². The summed E-state index contributed by atoms with van der Waals surface area (Å²) >= 11 is 1.60. The summed E-state index contributed by atoms with van der Waals surface area (Å²) in [5, 5.41) is 5.83. The van der Waals surface area contributed by atoms with Gasteiger partial charge in [-0.15, -0.1) is 11.3 Å². The third-order valence-corrected chi connectivity index (χ3v) is 4.58. The molecule has 0 atom stereocenters. The fraction of sp³-hybridized carbons (Fsp3) is 0. The van der Waals surface area contributed by atoms with Crippen molar-refractivity contribution >= 4 is 22.9 Å². The minimum Gasteiger partial charge on any atom is -0.459 e. The smallest absolute Gasteiger partial charge is 0.291 e. The number of hydrogen-bond acceptors (Lipinski definition) is 4. The molecule has 0 spiro atoms. The van der Waals surface area contributed by atoms with Crippen LogP contribution in [0.1, 0.15) is 10.6 Å². The molecule has 0 aliphatic carbocycles. The number of hydrogen-bond donors (Lipinski definition) is 1. The minimum atomic E-state index is -0.273. The topological polar surface area (TPSA) is 55.1 Å². The minimum absolute atomic E-state index is 0.273. The van der Waals surface area contributed by atoms with Crippen LogP contribution in [0.5, 0.6) is 0 Å². The van der Waals surface area contributed by atoms with Gasteiger partial charge in [-0.05, 0) is 24.3 Å². The Morgan fingerprint density at radius 3 is 2.60 bits per heavy atom. The molecule has 4 nitrogen and oxygen atoms in total. The number of furan rings is 1. The number of amides is 1. The fourth-order valence-corrected chi connectivity index (χ4v) is 3.31. The van der Waals surface area contributed by atoms with Crippen molar-refractivity contribution in [3.05, 3.63) is 84.1 Å². The first-order valence-electron chi connectivity index (χ1n) is 7.76. The number of carbonyl (C=O) groups excluding carboxylic acids is 1. The fourth-order valence-electron chi connectivity index (χ4n) is 2.48. The normalized spacial score (nSPS) is 10.6. The van der Waals surface area contributed by atoms with Gasteiger partial charge in [0.1, 0.15) is 5.01 Å². The zero-order valence-electron chi connectivity index (χ0n) is 13.2. The molecule has 0 saturated heterocycles. The zero-order valence-corrected chi connectivity index (χ0v) is 14.0. The molecule has 1 N–H and O–H groups in total. The van der Waals surface area contributed by atoms with Gasteiger partial charge >= 0.3 is 0 Å². The van der Waals surface area contributed by atoms with Gasteiger partial charge in [-0.3, -0.25) is 4.79 Å². The lowest BCUT2D eigenvalue weighted by molar-refractivity contribution is 0.0996. The Hall–Kier alpha value is -3.18. The highest BCUT2D eigenvalue weighted by Crippen LogP contribution is 2.29. The predicted molar refractivity (Wildman–Crippen MR) is 99.6 cm³/mol. The molecular weight excluding hydrogens is 332 g/mol. The van der Waals surface area contributed by atoms with Crippen molar-refractivity contribution in [3.63, 3.8) is 0 Å². The van der Waals surface area contributed by atoms with Gasteiger partial charge in [-0.2, -0.15) is 0 Å². The molecule has 0 saturated carbocycles. The average Bonchev–Trinajstić information content (AvgIpc) is 3.35. The molecule has 0 fully saturated rings. The second-order valence-electron chi connectivity index (χ2n) is 5.42. The molecule has 25 heavy (non-hydrogen) atoms. The van der Waals surface area contributed by atoms with E-state index in [1.54, 1.807) is 23.5 Å². The van der Waals surface area contributed by atoms with E-state index in [0.717, 1.165) is 21.8 Å². The second-order valence-corrected chi connectivity index (χ2v) is 6.27. The quantitative estimate of drug-likeness (QED) is 0.544. The lowest BCUT2D eigenvalue weighted by Crippen LogP contribution is -2.10. The van der Waals surface area contributed by atoms with E-state index >= 15 is 0 Å². The average molecular weight is 346 g/mol. The Bertz CT molecular complexity index is 991. The van der Waals surface area contributed by atoms with Gasteiger partial charge in [-0.25, -0.2) is 4.98 Å². The van der Waals surface area contributed by atoms with Crippen LogP contribution in [0.4, 0.5) is 5.69 Å². The van der Waals surface area contributed by atoms with Crippen molar-refractivity contribution in [1.29, 1.82) is 0 Å². The zero-order chi connectivity index (χ0) is 17.1. The standard InChI is InChI=1S/C20H14N2O2S/c23-19(18-10-5-11-24-18)21-16-9-4-8-15(12-16)17-13-25-20(22-17)14-6-2-1-3-7-14/h1-13H,(H,21,23). The first-order valence-corrected chi connectivity index (χ1v) is 8.64. The summed E-state index contributed by atoms with van der Waals surface area (Å²) in [7, 11) is 0. The van der Waals surface area contributed by atoms with E-state index < -0.39 is 0 Å². The lowest BCUT2D eigenvalue weighted by Gasteiger charge is -2.05. The molecule has 1 amide bonds. The largest absolute Gasteiger partial charge is 0.459 e. The highest BCUT2D eigenvalue weighted by Gasteiger charge is 2.10. The van der Waals surface area contributed by atoms with E-state index in [2.05, 4.69) is 5.32 Å². The highest BCUT2D eigenvalue weighted by atomic mass is 32.1. The molecular formula is C20H14N2O2S. The number of benzene rings is 2. The van der Waals surface area contributed by atoms with Gasteiger partial charge in [0.05, 0.1) is 12.0 Å². The van der Waals surface area contributed by atoms with E-state index in [1.165, 1.54) is 6.26 Å². The maximum Gasteiger partial charge on any atom is 0.291 e. The molecule has 2 aromatic heterocycles. The van der Waals surface area contributed by atoms with Crippen LogP contribution in [-0.4, -0.2) is 10.9 Å². The van der Waals surface area contributed by atoms with E-state index in [4.69, 9.17) is 9.40 Å². The summed E-state index contributed by atoms with van der Waals surface area (Å²) in [5.41, 5.74) is 3.64. The van der Waals surface area contributed by atoms with E-state index in [0.29, 0.717) is 5.69 Å². The second kappa shape index (κ2) is 6.75. The van der Waals surface area contributed by atoms with Gasteiger partial charge in [0, 0.05) is 22.2 Å². The molecule has 2 aromatic carbocycles. The maximum atomic E-state index is 12.1. The SMILES string of the molecule is O=C(Nc1cccc(-c2csc(-c3ccccc3)n2)c1)c1ccco1. The summed E-state index contributed by atoms with van der Waals surface area (Å²) in [6, 6.07) is 21.0. The van der Waals surface area contributed by atoms with E-state index in [1.807, 2.05) is 60.0 Å². The van der Waals surface area contributed by atoms with Crippen molar-refractivity contribution in [2.45, 2.75) is 0 Å². The lowest BCUT2D eigenvalue weighted by atomic mass is 10.1. The first-order chi connectivity index (χ1) is 12.3. The van der Waals surface area contributed by atoms with E-state index in [9.17, 15) is 4.79 Å². The number of thiazole rings is 1. The molecule has 0 aliphatic heterocycles. The summed E-state index contributed by atoms with van der Waals surface area (Å²) in [6.45, 7) is 0. The molecule has 0 unspecified atom stereocenters. The number of rotatable bonds is 4. The highest BCUT2D eigenvalue weighted by molar-refractivity contribution is 7.13. The summed E-state index contributed by atoms with van der Waals surface area (Å²) in [4.78, 5) is 16.8. The molecule has 122 valence electrons. The van der Waals surface area contributed by atoms with Crippen molar-refractivity contribution in [2.24, 2.45) is 0 Å².